The molecule has 0 radical (unpaired) electrons. The molecule has 0 fully saturated rings. The molecule has 5 heteroatoms. The van der Waals surface area contributed by atoms with Crippen molar-refractivity contribution in [1.82, 2.24) is 15.2 Å². The molecule has 0 aromatic carbocycles. The number of carbonyl (C=O) groups is 1. The molecule has 1 N–H and O–H groups in total. The van der Waals surface area contributed by atoms with Gasteiger partial charge in [0, 0.05) is 11.9 Å². The normalized spacial score (nSPS) is 17.0. The van der Waals surface area contributed by atoms with Crippen LogP contribution in [0, 0.1) is 5.92 Å². The summed E-state index contributed by atoms with van der Waals surface area (Å²) < 4.78 is 5.56. The fraction of sp³-hybridized carbons (Fsp3) is 0.438. The number of H-pyrrole nitrogens is 1. The zero-order valence-corrected chi connectivity index (χ0v) is 12.3. The number of nitrogens with zero attached hydrogens (tertiary/aromatic N) is 2. The SMILES string of the molecule is CC(C)Cc1cc(C(=O)OC2CCc3cccnc32)n[nH]1. The molecular formula is C16H19N3O2. The number of aromatic nitrogens is 3. The van der Waals surface area contributed by atoms with E-state index >= 15 is 0 Å². The van der Waals surface area contributed by atoms with Gasteiger partial charge in [-0.2, -0.15) is 5.10 Å². The van der Waals surface area contributed by atoms with Gasteiger partial charge in [-0.15, -0.1) is 0 Å². The molecule has 1 unspecified atom stereocenters. The van der Waals surface area contributed by atoms with E-state index in [1.165, 1.54) is 0 Å². The summed E-state index contributed by atoms with van der Waals surface area (Å²) in [4.78, 5) is 16.5. The third kappa shape index (κ3) is 2.96. The third-order valence-electron chi connectivity index (χ3n) is 3.62. The van der Waals surface area contributed by atoms with Crippen LogP contribution in [0.5, 0.6) is 0 Å². The molecule has 0 aliphatic heterocycles. The third-order valence-corrected chi connectivity index (χ3v) is 3.62. The Hall–Kier alpha value is -2.17. The van der Waals surface area contributed by atoms with Gasteiger partial charge in [-0.05, 0) is 42.9 Å². The summed E-state index contributed by atoms with van der Waals surface area (Å²) in [5, 5.41) is 6.94. The van der Waals surface area contributed by atoms with Crippen molar-refractivity contribution in [3.05, 3.63) is 47.0 Å². The van der Waals surface area contributed by atoms with Crippen molar-refractivity contribution >= 4 is 5.97 Å². The summed E-state index contributed by atoms with van der Waals surface area (Å²) in [6, 6.07) is 5.72. The topological polar surface area (TPSA) is 67.9 Å². The molecule has 0 saturated heterocycles. The van der Waals surface area contributed by atoms with Gasteiger partial charge in [-0.3, -0.25) is 10.1 Å². The van der Waals surface area contributed by atoms with Gasteiger partial charge >= 0.3 is 5.97 Å². The van der Waals surface area contributed by atoms with Crippen LogP contribution < -0.4 is 0 Å². The first kappa shape index (κ1) is 13.8. The Kier molecular flexibility index (Phi) is 3.73. The first-order valence-corrected chi connectivity index (χ1v) is 7.32. The van der Waals surface area contributed by atoms with Crippen molar-refractivity contribution in [2.45, 2.75) is 39.2 Å². The number of nitrogens with one attached hydrogen (secondary N) is 1. The number of hydrogen-bond acceptors (Lipinski definition) is 4. The van der Waals surface area contributed by atoms with Crippen molar-refractivity contribution in [2.75, 3.05) is 0 Å². The van der Waals surface area contributed by atoms with Crippen molar-refractivity contribution in [1.29, 1.82) is 0 Å². The molecule has 21 heavy (non-hydrogen) atoms. The fourth-order valence-electron chi connectivity index (χ4n) is 2.69. The Labute approximate surface area is 123 Å². The molecule has 2 aromatic heterocycles. The van der Waals surface area contributed by atoms with Crippen molar-refractivity contribution in [3.63, 3.8) is 0 Å². The molecular weight excluding hydrogens is 266 g/mol. The van der Waals surface area contributed by atoms with Crippen LogP contribution in [0.25, 0.3) is 0 Å². The Balaban J connectivity index is 1.68. The number of carbonyl (C=O) groups excluding carboxylic acids is 1. The summed E-state index contributed by atoms with van der Waals surface area (Å²) in [6.45, 7) is 4.25. The number of esters is 1. The Morgan fingerprint density at radius 2 is 2.38 bits per heavy atom. The second-order valence-electron chi connectivity index (χ2n) is 5.86. The Morgan fingerprint density at radius 1 is 1.52 bits per heavy atom. The largest absolute Gasteiger partial charge is 0.451 e. The number of aromatic amines is 1. The summed E-state index contributed by atoms with van der Waals surface area (Å²) in [5.41, 5.74) is 3.35. The van der Waals surface area contributed by atoms with Crippen LogP contribution >= 0.6 is 0 Å². The van der Waals surface area contributed by atoms with Crippen LogP contribution in [-0.2, 0) is 17.6 Å². The lowest BCUT2D eigenvalue weighted by molar-refractivity contribution is 0.0285. The molecule has 110 valence electrons. The highest BCUT2D eigenvalue weighted by molar-refractivity contribution is 5.87. The van der Waals surface area contributed by atoms with Gasteiger partial charge < -0.3 is 4.74 Å². The van der Waals surface area contributed by atoms with E-state index in [4.69, 9.17) is 4.74 Å². The van der Waals surface area contributed by atoms with E-state index in [9.17, 15) is 4.79 Å². The van der Waals surface area contributed by atoms with Gasteiger partial charge in [0.2, 0.25) is 0 Å². The van der Waals surface area contributed by atoms with Crippen LogP contribution in [-0.4, -0.2) is 21.2 Å². The maximum Gasteiger partial charge on any atom is 0.359 e. The predicted molar refractivity (Wildman–Crippen MR) is 77.8 cm³/mol. The van der Waals surface area contributed by atoms with E-state index in [0.717, 1.165) is 36.2 Å². The molecule has 0 saturated carbocycles. The maximum absolute atomic E-state index is 12.2. The minimum Gasteiger partial charge on any atom is -0.451 e. The number of ether oxygens (including phenoxy) is 1. The number of hydrogen-bond donors (Lipinski definition) is 1. The number of rotatable bonds is 4. The van der Waals surface area contributed by atoms with E-state index in [1.807, 2.05) is 12.1 Å². The van der Waals surface area contributed by atoms with Crippen molar-refractivity contribution < 1.29 is 9.53 Å². The molecule has 0 amide bonds. The Morgan fingerprint density at radius 3 is 3.19 bits per heavy atom. The highest BCUT2D eigenvalue weighted by Gasteiger charge is 2.28. The quantitative estimate of drug-likeness (QED) is 0.877. The monoisotopic (exact) mass is 285 g/mol. The summed E-state index contributed by atoms with van der Waals surface area (Å²) in [7, 11) is 0. The second-order valence-corrected chi connectivity index (χ2v) is 5.86. The summed E-state index contributed by atoms with van der Waals surface area (Å²) >= 11 is 0. The zero-order valence-electron chi connectivity index (χ0n) is 12.3. The highest BCUT2D eigenvalue weighted by Crippen LogP contribution is 2.32. The molecule has 2 heterocycles. The van der Waals surface area contributed by atoms with Crippen molar-refractivity contribution in [2.24, 2.45) is 5.92 Å². The Bertz CT molecular complexity index is 648. The number of pyridine rings is 1. The second kappa shape index (κ2) is 5.68. The van der Waals surface area contributed by atoms with Crippen LogP contribution in [0.4, 0.5) is 0 Å². The lowest BCUT2D eigenvalue weighted by Gasteiger charge is -2.11. The summed E-state index contributed by atoms with van der Waals surface area (Å²) in [5.74, 6) is 0.130. The molecule has 3 rings (SSSR count). The average Bonchev–Trinajstić information content (AvgIpc) is 3.06. The molecule has 1 aliphatic carbocycles. The van der Waals surface area contributed by atoms with E-state index in [-0.39, 0.29) is 12.1 Å². The first-order valence-electron chi connectivity index (χ1n) is 7.32. The zero-order chi connectivity index (χ0) is 14.8. The maximum atomic E-state index is 12.2. The van der Waals surface area contributed by atoms with E-state index in [0.29, 0.717) is 11.6 Å². The first-order chi connectivity index (χ1) is 10.1. The van der Waals surface area contributed by atoms with Crippen LogP contribution in [0.1, 0.15) is 53.8 Å². The van der Waals surface area contributed by atoms with Crippen LogP contribution in [0.2, 0.25) is 0 Å². The lowest BCUT2D eigenvalue weighted by Crippen LogP contribution is -2.11. The predicted octanol–water partition coefficient (Wildman–Crippen LogP) is 2.85. The molecule has 0 spiro atoms. The fourth-order valence-corrected chi connectivity index (χ4v) is 2.69. The van der Waals surface area contributed by atoms with Gasteiger partial charge in [0.05, 0.1) is 5.69 Å². The lowest BCUT2D eigenvalue weighted by atomic mass is 10.1. The standard InChI is InChI=1S/C16H19N3O2/c1-10(2)8-12-9-13(19-18-12)16(20)21-14-6-5-11-4-3-7-17-15(11)14/h3-4,7,9-10,14H,5-6,8H2,1-2H3,(H,18,19). The van der Waals surface area contributed by atoms with Gasteiger partial charge in [0.15, 0.2) is 5.69 Å². The van der Waals surface area contributed by atoms with E-state index in [2.05, 4.69) is 29.0 Å². The molecule has 2 aromatic rings. The van der Waals surface area contributed by atoms with E-state index < -0.39 is 0 Å². The minimum absolute atomic E-state index is 0.251. The average molecular weight is 285 g/mol. The number of aryl methyl sites for hydroxylation is 1. The van der Waals surface area contributed by atoms with Gasteiger partial charge in [0.1, 0.15) is 6.10 Å². The van der Waals surface area contributed by atoms with Crippen LogP contribution in [0.3, 0.4) is 0 Å². The number of fused-ring (bicyclic) bond motifs is 1. The molecule has 0 bridgehead atoms. The smallest absolute Gasteiger partial charge is 0.359 e. The van der Waals surface area contributed by atoms with Gasteiger partial charge in [-0.25, -0.2) is 4.79 Å². The minimum atomic E-state index is -0.384. The van der Waals surface area contributed by atoms with Crippen molar-refractivity contribution in [3.8, 4) is 0 Å². The van der Waals surface area contributed by atoms with Gasteiger partial charge in [-0.1, -0.05) is 19.9 Å². The molecule has 1 aliphatic rings. The van der Waals surface area contributed by atoms with E-state index in [1.54, 1.807) is 12.3 Å². The molecule has 5 nitrogen and oxygen atoms in total. The summed E-state index contributed by atoms with van der Waals surface area (Å²) in [6.07, 6.45) is 4.05. The van der Waals surface area contributed by atoms with Crippen LogP contribution in [0.15, 0.2) is 24.4 Å². The highest BCUT2D eigenvalue weighted by atomic mass is 16.5. The molecule has 1 atom stereocenters. The van der Waals surface area contributed by atoms with Gasteiger partial charge in [0.25, 0.3) is 0 Å².